The van der Waals surface area contributed by atoms with Crippen LogP contribution in [0.1, 0.15) is 10.4 Å². The van der Waals surface area contributed by atoms with Crippen LogP contribution in [0.3, 0.4) is 0 Å². The van der Waals surface area contributed by atoms with Gasteiger partial charge in [0.15, 0.2) is 0 Å². The Kier molecular flexibility index (Phi) is 1.81. The molecule has 14 heavy (non-hydrogen) atoms. The zero-order valence-electron chi connectivity index (χ0n) is 7.31. The van der Waals surface area contributed by atoms with E-state index in [0.717, 1.165) is 0 Å². The normalized spacial score (nSPS) is 10.4. The zero-order chi connectivity index (χ0) is 10.1. The number of rotatable bonds is 2. The quantitative estimate of drug-likeness (QED) is 0.731. The molecule has 2 rings (SSSR count). The van der Waals surface area contributed by atoms with Crippen molar-refractivity contribution in [2.75, 3.05) is 7.11 Å². The Morgan fingerprint density at radius 2 is 2.43 bits per heavy atom. The second-order valence-electron chi connectivity index (χ2n) is 2.63. The first-order chi connectivity index (χ1) is 6.72. The summed E-state index contributed by atoms with van der Waals surface area (Å²) in [5.74, 6) is -1.03. The molecule has 2 aromatic heterocycles. The number of methoxy groups -OCH3 is 1. The number of ether oxygens (including phenoxy) is 1. The van der Waals surface area contributed by atoms with Crippen molar-refractivity contribution in [3.05, 3.63) is 18.0 Å². The van der Waals surface area contributed by atoms with Crippen molar-refractivity contribution in [3.63, 3.8) is 0 Å². The van der Waals surface area contributed by atoms with Gasteiger partial charge in [0.05, 0.1) is 18.8 Å². The van der Waals surface area contributed by atoms with E-state index in [9.17, 15) is 4.79 Å². The van der Waals surface area contributed by atoms with Gasteiger partial charge in [0.2, 0.25) is 0 Å². The van der Waals surface area contributed by atoms with Gasteiger partial charge in [0, 0.05) is 6.20 Å². The van der Waals surface area contributed by atoms with Crippen molar-refractivity contribution < 1.29 is 14.6 Å². The summed E-state index contributed by atoms with van der Waals surface area (Å²) in [7, 11) is 1.42. The van der Waals surface area contributed by atoms with E-state index < -0.39 is 5.97 Å². The van der Waals surface area contributed by atoms with E-state index in [-0.39, 0.29) is 11.6 Å². The predicted octanol–water partition coefficient (Wildman–Crippen LogP) is 0.665. The molecule has 0 saturated carbocycles. The summed E-state index contributed by atoms with van der Waals surface area (Å²) in [6.45, 7) is 0. The topological polar surface area (TPSA) is 88.1 Å². The van der Waals surface area contributed by atoms with Crippen LogP contribution in [-0.4, -0.2) is 33.1 Å². The SMILES string of the molecule is COc1ncc2[nH]cc(C(=O)O)c2n1. The summed E-state index contributed by atoms with van der Waals surface area (Å²) in [4.78, 5) is 21.3. The average Bonchev–Trinajstić information content (AvgIpc) is 2.59. The first-order valence-corrected chi connectivity index (χ1v) is 3.84. The molecule has 6 heteroatoms. The third kappa shape index (κ3) is 1.17. The largest absolute Gasteiger partial charge is 0.478 e. The van der Waals surface area contributed by atoms with Gasteiger partial charge in [-0.2, -0.15) is 4.98 Å². The standard InChI is InChI=1S/C8H7N3O3/c1-14-8-10-3-5-6(11-8)4(2-9-5)7(12)13/h2-3,9H,1H3,(H,12,13). The maximum absolute atomic E-state index is 10.8. The van der Waals surface area contributed by atoms with Crippen molar-refractivity contribution in [1.82, 2.24) is 15.0 Å². The molecular weight excluding hydrogens is 186 g/mol. The third-order valence-corrected chi connectivity index (χ3v) is 1.81. The maximum Gasteiger partial charge on any atom is 0.339 e. The van der Waals surface area contributed by atoms with Gasteiger partial charge in [0.1, 0.15) is 11.1 Å². The van der Waals surface area contributed by atoms with Crippen LogP contribution in [0.2, 0.25) is 0 Å². The Morgan fingerprint density at radius 3 is 3.07 bits per heavy atom. The number of aromatic carboxylic acids is 1. The molecule has 2 aromatic rings. The summed E-state index contributed by atoms with van der Waals surface area (Å²) < 4.78 is 4.80. The molecule has 0 saturated heterocycles. The predicted molar refractivity (Wildman–Crippen MR) is 47.4 cm³/mol. The molecule has 0 bridgehead atoms. The van der Waals surface area contributed by atoms with E-state index in [0.29, 0.717) is 11.0 Å². The number of nitrogens with one attached hydrogen (secondary N) is 1. The maximum atomic E-state index is 10.8. The van der Waals surface area contributed by atoms with Crippen molar-refractivity contribution in [3.8, 4) is 6.01 Å². The summed E-state index contributed by atoms with van der Waals surface area (Å²) in [5, 5.41) is 8.81. The second-order valence-corrected chi connectivity index (χ2v) is 2.63. The van der Waals surface area contributed by atoms with Crippen LogP contribution in [0.25, 0.3) is 11.0 Å². The minimum absolute atomic E-state index is 0.112. The fourth-order valence-corrected chi connectivity index (χ4v) is 1.16. The lowest BCUT2D eigenvalue weighted by atomic mass is 10.3. The zero-order valence-corrected chi connectivity index (χ0v) is 7.31. The van der Waals surface area contributed by atoms with E-state index in [2.05, 4.69) is 15.0 Å². The van der Waals surface area contributed by atoms with Gasteiger partial charge < -0.3 is 14.8 Å². The summed E-state index contributed by atoms with van der Waals surface area (Å²) >= 11 is 0. The highest BCUT2D eigenvalue weighted by molar-refractivity contribution is 6.01. The first-order valence-electron chi connectivity index (χ1n) is 3.84. The minimum Gasteiger partial charge on any atom is -0.478 e. The lowest BCUT2D eigenvalue weighted by Crippen LogP contribution is -1.97. The van der Waals surface area contributed by atoms with Gasteiger partial charge in [-0.25, -0.2) is 9.78 Å². The molecule has 0 aliphatic heterocycles. The lowest BCUT2D eigenvalue weighted by Gasteiger charge is -1.96. The fraction of sp³-hybridized carbons (Fsp3) is 0.125. The van der Waals surface area contributed by atoms with Crippen LogP contribution in [0.5, 0.6) is 6.01 Å². The van der Waals surface area contributed by atoms with Crippen molar-refractivity contribution in [2.24, 2.45) is 0 Å². The number of fused-ring (bicyclic) bond motifs is 1. The van der Waals surface area contributed by atoms with Crippen LogP contribution < -0.4 is 4.74 Å². The summed E-state index contributed by atoms with van der Waals surface area (Å²) in [5.41, 5.74) is 1.04. The number of carboxylic acids is 1. The molecule has 72 valence electrons. The number of nitrogens with zero attached hydrogens (tertiary/aromatic N) is 2. The molecule has 2 N–H and O–H groups in total. The summed E-state index contributed by atoms with van der Waals surface area (Å²) in [6, 6.07) is 0.152. The van der Waals surface area contributed by atoms with Crippen LogP contribution >= 0.6 is 0 Å². The van der Waals surface area contributed by atoms with Crippen LogP contribution in [0, 0.1) is 0 Å². The molecule has 0 spiro atoms. The monoisotopic (exact) mass is 193 g/mol. The highest BCUT2D eigenvalue weighted by Crippen LogP contribution is 2.16. The number of aromatic amines is 1. The van der Waals surface area contributed by atoms with Gasteiger partial charge in [-0.15, -0.1) is 0 Å². The smallest absolute Gasteiger partial charge is 0.339 e. The molecule has 2 heterocycles. The molecule has 6 nitrogen and oxygen atoms in total. The number of carbonyl (C=O) groups is 1. The molecule has 0 amide bonds. The van der Waals surface area contributed by atoms with E-state index in [1.54, 1.807) is 0 Å². The minimum atomic E-state index is -1.03. The Hall–Kier alpha value is -2.11. The van der Waals surface area contributed by atoms with E-state index in [4.69, 9.17) is 9.84 Å². The van der Waals surface area contributed by atoms with Crippen LogP contribution in [0.15, 0.2) is 12.4 Å². The number of H-pyrrole nitrogens is 1. The number of aromatic nitrogens is 3. The Balaban J connectivity index is 2.69. The van der Waals surface area contributed by atoms with Gasteiger partial charge in [0.25, 0.3) is 0 Å². The molecule has 0 radical (unpaired) electrons. The van der Waals surface area contributed by atoms with Crippen molar-refractivity contribution >= 4 is 17.0 Å². The Morgan fingerprint density at radius 1 is 1.64 bits per heavy atom. The molecule has 0 atom stereocenters. The molecule has 0 aliphatic rings. The Bertz CT molecular complexity index is 492. The highest BCUT2D eigenvalue weighted by Gasteiger charge is 2.12. The first kappa shape index (κ1) is 8.49. The molecule has 0 unspecified atom stereocenters. The van der Waals surface area contributed by atoms with E-state index in [1.807, 2.05) is 0 Å². The highest BCUT2D eigenvalue weighted by atomic mass is 16.5. The van der Waals surface area contributed by atoms with Crippen molar-refractivity contribution in [2.45, 2.75) is 0 Å². The fourth-order valence-electron chi connectivity index (χ4n) is 1.16. The van der Waals surface area contributed by atoms with Gasteiger partial charge in [-0.3, -0.25) is 0 Å². The molecule has 0 aromatic carbocycles. The molecule has 0 fully saturated rings. The van der Waals surface area contributed by atoms with Crippen LogP contribution in [-0.2, 0) is 0 Å². The number of hydrogen-bond acceptors (Lipinski definition) is 4. The van der Waals surface area contributed by atoms with Gasteiger partial charge in [-0.1, -0.05) is 0 Å². The van der Waals surface area contributed by atoms with E-state index >= 15 is 0 Å². The Labute approximate surface area is 78.6 Å². The number of carboxylic acid groups (broad SMARTS) is 1. The third-order valence-electron chi connectivity index (χ3n) is 1.81. The average molecular weight is 193 g/mol. The number of hydrogen-bond donors (Lipinski definition) is 2. The second kappa shape index (κ2) is 2.99. The van der Waals surface area contributed by atoms with E-state index in [1.165, 1.54) is 19.5 Å². The lowest BCUT2D eigenvalue weighted by molar-refractivity contribution is 0.0699. The molecular formula is C8H7N3O3. The van der Waals surface area contributed by atoms with Gasteiger partial charge in [-0.05, 0) is 0 Å². The van der Waals surface area contributed by atoms with Crippen LogP contribution in [0.4, 0.5) is 0 Å². The summed E-state index contributed by atoms with van der Waals surface area (Å²) in [6.07, 6.45) is 2.86. The molecule has 0 aliphatic carbocycles. The van der Waals surface area contributed by atoms with Gasteiger partial charge >= 0.3 is 12.0 Å². The van der Waals surface area contributed by atoms with Crippen molar-refractivity contribution in [1.29, 1.82) is 0 Å².